The largest absolute Gasteiger partial charge is 0.495 e. The van der Waals surface area contributed by atoms with Crippen LogP contribution in [-0.2, 0) is 15.4 Å². The van der Waals surface area contributed by atoms with Crippen LogP contribution in [0.25, 0.3) is 10.9 Å². The van der Waals surface area contributed by atoms with Crippen LogP contribution in [0.4, 0.5) is 4.39 Å². The van der Waals surface area contributed by atoms with Crippen molar-refractivity contribution in [3.05, 3.63) is 59.5 Å². The number of benzene rings is 2. The summed E-state index contributed by atoms with van der Waals surface area (Å²) in [5.41, 5.74) is 1.91. The highest BCUT2D eigenvalue weighted by Crippen LogP contribution is 2.31. The number of hydrogen-bond acceptors (Lipinski definition) is 3. The Balaban J connectivity index is 1.89. The fraction of sp³-hybridized carbons (Fsp3) is 0.300. The lowest BCUT2D eigenvalue weighted by molar-refractivity contribution is 0.401. The molecule has 1 heterocycles. The molecule has 0 atom stereocenters. The van der Waals surface area contributed by atoms with E-state index < -0.39 is 15.4 Å². The van der Waals surface area contributed by atoms with Crippen molar-refractivity contribution in [2.24, 2.45) is 0 Å². The highest BCUT2D eigenvalue weighted by molar-refractivity contribution is 7.89. The number of hydrogen-bond donors (Lipinski definition) is 2. The monoisotopic (exact) mass is 390 g/mol. The summed E-state index contributed by atoms with van der Waals surface area (Å²) in [6.45, 7) is 5.88. The third kappa shape index (κ3) is 3.84. The molecule has 0 saturated heterocycles. The van der Waals surface area contributed by atoms with Crippen molar-refractivity contribution in [2.45, 2.75) is 31.1 Å². The number of sulfonamides is 1. The Kier molecular flexibility index (Phi) is 5.01. The molecule has 0 radical (unpaired) electrons. The maximum absolute atomic E-state index is 13.4. The van der Waals surface area contributed by atoms with Crippen LogP contribution in [0, 0.1) is 12.7 Å². The van der Waals surface area contributed by atoms with Gasteiger partial charge in [0.05, 0.1) is 7.11 Å². The predicted molar refractivity (Wildman–Crippen MR) is 104 cm³/mol. The Morgan fingerprint density at radius 3 is 2.63 bits per heavy atom. The number of rotatable bonds is 6. The molecular weight excluding hydrogens is 367 g/mol. The fourth-order valence-electron chi connectivity index (χ4n) is 3.10. The summed E-state index contributed by atoms with van der Waals surface area (Å²) in [5.74, 6) is -0.0190. The molecule has 0 aliphatic rings. The van der Waals surface area contributed by atoms with E-state index in [1.807, 2.05) is 20.8 Å². The molecule has 2 aromatic carbocycles. The molecule has 3 aromatic rings. The normalized spacial score (nSPS) is 12.5. The molecule has 27 heavy (non-hydrogen) atoms. The number of aromatic amines is 1. The molecule has 5 nitrogen and oxygen atoms in total. The minimum atomic E-state index is -3.75. The molecular formula is C20H23FN2O3S. The summed E-state index contributed by atoms with van der Waals surface area (Å²) in [5, 5.41) is 0.869. The summed E-state index contributed by atoms with van der Waals surface area (Å²) in [7, 11) is -2.31. The number of aryl methyl sites for hydroxylation is 1. The highest BCUT2D eigenvalue weighted by Gasteiger charge is 2.28. The number of aromatic nitrogens is 1. The molecule has 1 aromatic heterocycles. The molecule has 0 bridgehead atoms. The first-order valence-electron chi connectivity index (χ1n) is 8.55. The average molecular weight is 390 g/mol. The summed E-state index contributed by atoms with van der Waals surface area (Å²) >= 11 is 0. The van der Waals surface area contributed by atoms with Crippen molar-refractivity contribution in [1.82, 2.24) is 9.71 Å². The van der Waals surface area contributed by atoms with E-state index >= 15 is 0 Å². The van der Waals surface area contributed by atoms with Gasteiger partial charge < -0.3 is 9.72 Å². The van der Waals surface area contributed by atoms with Crippen molar-refractivity contribution in [2.75, 3.05) is 13.7 Å². The first-order chi connectivity index (χ1) is 12.6. The van der Waals surface area contributed by atoms with Crippen LogP contribution in [0.1, 0.15) is 25.0 Å². The van der Waals surface area contributed by atoms with Crippen LogP contribution in [0.3, 0.4) is 0 Å². The molecule has 0 saturated carbocycles. The van der Waals surface area contributed by atoms with Gasteiger partial charge in [-0.05, 0) is 48.4 Å². The average Bonchev–Trinajstić information content (AvgIpc) is 3.04. The molecule has 0 amide bonds. The van der Waals surface area contributed by atoms with Gasteiger partial charge in [0.25, 0.3) is 0 Å². The number of H-pyrrole nitrogens is 1. The van der Waals surface area contributed by atoms with Gasteiger partial charge in [0.2, 0.25) is 10.0 Å². The van der Waals surface area contributed by atoms with Crippen molar-refractivity contribution < 1.29 is 17.5 Å². The second-order valence-electron chi connectivity index (χ2n) is 7.26. The molecule has 0 aliphatic heterocycles. The molecule has 3 rings (SSSR count). The van der Waals surface area contributed by atoms with E-state index in [0.717, 1.165) is 16.5 Å². The van der Waals surface area contributed by atoms with Gasteiger partial charge in [-0.1, -0.05) is 19.9 Å². The molecule has 0 aliphatic carbocycles. The quantitative estimate of drug-likeness (QED) is 0.671. The van der Waals surface area contributed by atoms with E-state index in [0.29, 0.717) is 11.3 Å². The molecule has 0 fully saturated rings. The maximum Gasteiger partial charge on any atom is 0.244 e. The standard InChI is InChI=1S/C20H23FN2O3S/c1-13-5-8-18(26-4)19(9-13)27(24,25)23-12-20(2,3)16-11-22-17-10-14(21)6-7-15(16)17/h5-11,22-23H,12H2,1-4H3. The second-order valence-corrected chi connectivity index (χ2v) is 8.99. The zero-order valence-corrected chi connectivity index (χ0v) is 16.6. The highest BCUT2D eigenvalue weighted by atomic mass is 32.2. The van der Waals surface area contributed by atoms with E-state index in [9.17, 15) is 12.8 Å². The number of fused-ring (bicyclic) bond motifs is 1. The van der Waals surface area contributed by atoms with Crippen LogP contribution in [-0.4, -0.2) is 27.1 Å². The van der Waals surface area contributed by atoms with Gasteiger partial charge in [0.15, 0.2) is 0 Å². The van der Waals surface area contributed by atoms with Gasteiger partial charge in [-0.25, -0.2) is 17.5 Å². The van der Waals surface area contributed by atoms with Gasteiger partial charge in [0, 0.05) is 29.1 Å². The Morgan fingerprint density at radius 2 is 1.93 bits per heavy atom. The number of nitrogens with one attached hydrogen (secondary N) is 2. The smallest absolute Gasteiger partial charge is 0.244 e. The minimum Gasteiger partial charge on any atom is -0.495 e. The van der Waals surface area contributed by atoms with Crippen LogP contribution in [0.5, 0.6) is 5.75 Å². The maximum atomic E-state index is 13.4. The Labute approximate surface area is 158 Å². The Bertz CT molecular complexity index is 1090. The zero-order valence-electron chi connectivity index (χ0n) is 15.8. The fourth-order valence-corrected chi connectivity index (χ4v) is 4.56. The number of ether oxygens (including phenoxy) is 1. The first-order valence-corrected chi connectivity index (χ1v) is 10.0. The lowest BCUT2D eigenvalue weighted by Crippen LogP contribution is -2.36. The van der Waals surface area contributed by atoms with Crippen molar-refractivity contribution >= 4 is 20.9 Å². The SMILES string of the molecule is COc1ccc(C)cc1S(=O)(=O)NCC(C)(C)c1c[nH]c2cc(F)ccc12. The summed E-state index contributed by atoms with van der Waals surface area (Å²) in [6, 6.07) is 9.56. The van der Waals surface area contributed by atoms with Crippen LogP contribution >= 0.6 is 0 Å². The van der Waals surface area contributed by atoms with E-state index in [-0.39, 0.29) is 17.3 Å². The van der Waals surface area contributed by atoms with Gasteiger partial charge in [-0.2, -0.15) is 0 Å². The van der Waals surface area contributed by atoms with Crippen molar-refractivity contribution in [3.63, 3.8) is 0 Å². The van der Waals surface area contributed by atoms with Crippen molar-refractivity contribution in [3.8, 4) is 5.75 Å². The Hall–Kier alpha value is -2.38. The second kappa shape index (κ2) is 6.98. The third-order valence-corrected chi connectivity index (χ3v) is 6.11. The van der Waals surface area contributed by atoms with Crippen LogP contribution < -0.4 is 9.46 Å². The first kappa shape index (κ1) is 19.4. The molecule has 0 spiro atoms. The zero-order chi connectivity index (χ0) is 19.8. The molecule has 144 valence electrons. The molecule has 7 heteroatoms. The minimum absolute atomic E-state index is 0.113. The lowest BCUT2D eigenvalue weighted by Gasteiger charge is -2.25. The van der Waals surface area contributed by atoms with Crippen molar-refractivity contribution in [1.29, 1.82) is 0 Å². The van der Waals surface area contributed by atoms with Gasteiger partial charge in [-0.15, -0.1) is 0 Å². The molecule has 2 N–H and O–H groups in total. The van der Waals surface area contributed by atoms with Gasteiger partial charge in [0.1, 0.15) is 16.5 Å². The summed E-state index contributed by atoms with van der Waals surface area (Å²) in [6.07, 6.45) is 1.80. The van der Waals surface area contributed by atoms with Gasteiger partial charge in [-0.3, -0.25) is 0 Å². The third-order valence-electron chi connectivity index (χ3n) is 4.69. The number of halogens is 1. The van der Waals surface area contributed by atoms with E-state index in [2.05, 4.69) is 9.71 Å². The number of methoxy groups -OCH3 is 1. The lowest BCUT2D eigenvalue weighted by atomic mass is 9.85. The van der Waals surface area contributed by atoms with E-state index in [1.165, 1.54) is 19.2 Å². The van der Waals surface area contributed by atoms with Gasteiger partial charge >= 0.3 is 0 Å². The van der Waals surface area contributed by atoms with Crippen LogP contribution in [0.15, 0.2) is 47.5 Å². The van der Waals surface area contributed by atoms with Crippen LogP contribution in [0.2, 0.25) is 0 Å². The summed E-state index contributed by atoms with van der Waals surface area (Å²) in [4.78, 5) is 3.17. The predicted octanol–water partition coefficient (Wildman–Crippen LogP) is 3.88. The van der Waals surface area contributed by atoms with E-state index in [1.54, 1.807) is 30.5 Å². The Morgan fingerprint density at radius 1 is 1.19 bits per heavy atom. The topological polar surface area (TPSA) is 71.2 Å². The van der Waals surface area contributed by atoms with E-state index in [4.69, 9.17) is 4.74 Å². The summed E-state index contributed by atoms with van der Waals surface area (Å²) < 4.78 is 47.0. The molecule has 0 unspecified atom stereocenters.